The lowest BCUT2D eigenvalue weighted by molar-refractivity contribution is -0.172. The highest BCUT2D eigenvalue weighted by Gasteiger charge is 2.63. The van der Waals surface area contributed by atoms with Gasteiger partial charge in [0, 0.05) is 0 Å². The highest BCUT2D eigenvalue weighted by molar-refractivity contribution is 5.75. The Morgan fingerprint density at radius 1 is 1.17 bits per heavy atom. The van der Waals surface area contributed by atoms with Crippen molar-refractivity contribution in [3.63, 3.8) is 0 Å². The van der Waals surface area contributed by atoms with E-state index in [9.17, 15) is 17.6 Å². The molecule has 0 aromatic carbocycles. The maximum absolute atomic E-state index is 12.4. The third kappa shape index (κ3) is 1.19. The Hall–Kier alpha value is -1.01. The highest BCUT2D eigenvalue weighted by Crippen LogP contribution is 2.40. The molecule has 1 saturated heterocycles. The van der Waals surface area contributed by atoms with E-state index in [2.05, 4.69) is 0 Å². The van der Waals surface area contributed by atoms with E-state index in [1.165, 1.54) is 0 Å². The molecular formula is C5H7F4N3. The maximum Gasteiger partial charge on any atom is 0.329 e. The van der Waals surface area contributed by atoms with Crippen LogP contribution in [-0.2, 0) is 0 Å². The molecule has 0 amide bonds. The Bertz CT molecular complexity index is 199. The quantitative estimate of drug-likeness (QED) is 0.327. The summed E-state index contributed by atoms with van der Waals surface area (Å²) >= 11 is 0. The van der Waals surface area contributed by atoms with Crippen LogP contribution in [0.3, 0.4) is 0 Å². The van der Waals surface area contributed by atoms with Crippen molar-refractivity contribution < 1.29 is 17.6 Å². The van der Waals surface area contributed by atoms with Crippen LogP contribution in [0.2, 0.25) is 0 Å². The molecule has 3 N–H and O–H groups in total. The van der Waals surface area contributed by atoms with Crippen LogP contribution in [0.4, 0.5) is 17.6 Å². The molecule has 0 spiro atoms. The van der Waals surface area contributed by atoms with Gasteiger partial charge in [0.05, 0.1) is 13.1 Å². The fourth-order valence-corrected chi connectivity index (χ4v) is 0.937. The summed E-state index contributed by atoms with van der Waals surface area (Å²) in [5.74, 6) is -8.93. The second kappa shape index (κ2) is 2.24. The lowest BCUT2D eigenvalue weighted by Crippen LogP contribution is -2.38. The number of hydrogen-bond donors (Lipinski definition) is 2. The summed E-state index contributed by atoms with van der Waals surface area (Å²) in [6.45, 7) is -2.37. The van der Waals surface area contributed by atoms with Crippen LogP contribution in [0, 0.1) is 5.41 Å². The van der Waals surface area contributed by atoms with Gasteiger partial charge in [-0.15, -0.1) is 0 Å². The van der Waals surface area contributed by atoms with Gasteiger partial charge in [0.1, 0.15) is 0 Å². The zero-order chi connectivity index (χ0) is 9.57. The van der Waals surface area contributed by atoms with Crippen LogP contribution in [0.5, 0.6) is 0 Å². The SMILES string of the molecule is N=C(N)N1CC(F)(F)C(F)(F)C1. The molecule has 70 valence electrons. The molecule has 7 heteroatoms. The van der Waals surface area contributed by atoms with Crippen LogP contribution in [0.15, 0.2) is 0 Å². The van der Waals surface area contributed by atoms with Crippen LogP contribution in [-0.4, -0.2) is 35.8 Å². The predicted molar refractivity (Wildman–Crippen MR) is 33.4 cm³/mol. The minimum absolute atomic E-state index is 0.444. The summed E-state index contributed by atoms with van der Waals surface area (Å²) in [6.07, 6.45) is 0. The summed E-state index contributed by atoms with van der Waals surface area (Å²) in [5.41, 5.74) is 4.78. The molecule has 1 fully saturated rings. The predicted octanol–water partition coefficient (Wildman–Crippen LogP) is 0.466. The number of hydrogen-bond acceptors (Lipinski definition) is 1. The van der Waals surface area contributed by atoms with Gasteiger partial charge in [0.15, 0.2) is 5.96 Å². The van der Waals surface area contributed by atoms with Gasteiger partial charge in [-0.25, -0.2) is 0 Å². The Labute approximate surface area is 65.6 Å². The van der Waals surface area contributed by atoms with Crippen LogP contribution < -0.4 is 5.73 Å². The molecule has 0 aromatic heterocycles. The zero-order valence-electron chi connectivity index (χ0n) is 5.95. The Kier molecular flexibility index (Phi) is 1.69. The van der Waals surface area contributed by atoms with Crippen molar-refractivity contribution >= 4 is 5.96 Å². The van der Waals surface area contributed by atoms with Crippen molar-refractivity contribution in [2.24, 2.45) is 5.73 Å². The number of likely N-dealkylation sites (tertiary alicyclic amines) is 1. The molecule has 1 aliphatic rings. The van der Waals surface area contributed by atoms with E-state index in [4.69, 9.17) is 11.1 Å². The van der Waals surface area contributed by atoms with Crippen LogP contribution in [0.25, 0.3) is 0 Å². The first-order chi connectivity index (χ1) is 5.26. The first-order valence-corrected chi connectivity index (χ1v) is 3.11. The van der Waals surface area contributed by atoms with Crippen molar-refractivity contribution in [3.05, 3.63) is 0 Å². The van der Waals surface area contributed by atoms with Crippen molar-refractivity contribution in [3.8, 4) is 0 Å². The Morgan fingerprint density at radius 3 is 1.67 bits per heavy atom. The number of nitrogens with two attached hydrogens (primary N) is 1. The molecule has 1 aliphatic heterocycles. The lowest BCUT2D eigenvalue weighted by Gasteiger charge is -2.14. The van der Waals surface area contributed by atoms with Gasteiger partial charge in [0.25, 0.3) is 0 Å². The molecule has 0 radical (unpaired) electrons. The Balaban J connectivity index is 2.81. The van der Waals surface area contributed by atoms with Gasteiger partial charge < -0.3 is 10.6 Å². The smallest absolute Gasteiger partial charge is 0.329 e. The number of nitrogens with zero attached hydrogens (tertiary/aromatic N) is 1. The van der Waals surface area contributed by atoms with E-state index >= 15 is 0 Å². The molecule has 1 heterocycles. The van der Waals surface area contributed by atoms with Crippen molar-refractivity contribution in [2.45, 2.75) is 11.8 Å². The van der Waals surface area contributed by atoms with Gasteiger partial charge in [-0.1, -0.05) is 0 Å². The van der Waals surface area contributed by atoms with E-state index in [0.29, 0.717) is 4.90 Å². The second-order valence-electron chi connectivity index (χ2n) is 2.65. The molecule has 0 saturated carbocycles. The van der Waals surface area contributed by atoms with Crippen molar-refractivity contribution in [2.75, 3.05) is 13.1 Å². The number of nitrogens with one attached hydrogen (secondary N) is 1. The monoisotopic (exact) mass is 185 g/mol. The normalized spacial score (nSPS) is 25.8. The second-order valence-corrected chi connectivity index (χ2v) is 2.65. The summed E-state index contributed by atoms with van der Waals surface area (Å²) in [5, 5.41) is 6.68. The lowest BCUT2D eigenvalue weighted by atomic mass is 10.2. The minimum atomic E-state index is -4.08. The first kappa shape index (κ1) is 9.08. The molecule has 0 unspecified atom stereocenters. The summed E-state index contributed by atoms with van der Waals surface area (Å²) in [6, 6.07) is 0. The molecule has 0 bridgehead atoms. The number of halogens is 4. The van der Waals surface area contributed by atoms with Gasteiger partial charge >= 0.3 is 11.8 Å². The zero-order valence-corrected chi connectivity index (χ0v) is 5.95. The number of alkyl halides is 4. The van der Waals surface area contributed by atoms with Crippen molar-refractivity contribution in [1.29, 1.82) is 5.41 Å². The van der Waals surface area contributed by atoms with E-state index < -0.39 is 30.9 Å². The molecule has 1 rings (SSSR count). The summed E-state index contributed by atoms with van der Waals surface area (Å²) in [4.78, 5) is 0.444. The van der Waals surface area contributed by atoms with E-state index in [-0.39, 0.29) is 0 Å². The van der Waals surface area contributed by atoms with E-state index in [0.717, 1.165) is 0 Å². The maximum atomic E-state index is 12.4. The highest BCUT2D eigenvalue weighted by atomic mass is 19.3. The van der Waals surface area contributed by atoms with Crippen molar-refractivity contribution in [1.82, 2.24) is 4.90 Å². The molecule has 3 nitrogen and oxygen atoms in total. The van der Waals surface area contributed by atoms with Crippen LogP contribution in [0.1, 0.15) is 0 Å². The average Bonchev–Trinajstić information content (AvgIpc) is 2.03. The summed E-state index contributed by atoms with van der Waals surface area (Å²) < 4.78 is 49.6. The third-order valence-corrected chi connectivity index (χ3v) is 1.65. The van der Waals surface area contributed by atoms with E-state index in [1.54, 1.807) is 0 Å². The van der Waals surface area contributed by atoms with Gasteiger partial charge in [-0.05, 0) is 0 Å². The third-order valence-electron chi connectivity index (χ3n) is 1.65. The topological polar surface area (TPSA) is 53.1 Å². The molecule has 0 atom stereocenters. The van der Waals surface area contributed by atoms with Gasteiger partial charge in [-0.3, -0.25) is 5.41 Å². The van der Waals surface area contributed by atoms with Gasteiger partial charge in [-0.2, -0.15) is 17.6 Å². The molecule has 0 aromatic rings. The average molecular weight is 185 g/mol. The summed E-state index contributed by atoms with van der Waals surface area (Å²) in [7, 11) is 0. The fourth-order valence-electron chi connectivity index (χ4n) is 0.937. The number of guanidine groups is 1. The minimum Gasteiger partial charge on any atom is -0.370 e. The standard InChI is InChI=1S/C5H7F4N3/c6-4(7)1-12(3(10)11)2-5(4,8)9/h1-2H2,(H3,10,11). The van der Waals surface area contributed by atoms with E-state index in [1.807, 2.05) is 0 Å². The first-order valence-electron chi connectivity index (χ1n) is 3.11. The van der Waals surface area contributed by atoms with Gasteiger partial charge in [0.2, 0.25) is 0 Å². The van der Waals surface area contributed by atoms with Crippen LogP contribution >= 0.6 is 0 Å². The molecule has 0 aliphatic carbocycles. The molecule has 12 heavy (non-hydrogen) atoms. The molecular weight excluding hydrogens is 178 g/mol. The fraction of sp³-hybridized carbons (Fsp3) is 0.800. The number of rotatable bonds is 0. The largest absolute Gasteiger partial charge is 0.370 e. The Morgan fingerprint density at radius 2 is 1.50 bits per heavy atom.